The summed E-state index contributed by atoms with van der Waals surface area (Å²) in [6, 6.07) is 5.47. The number of aromatic nitrogens is 2. The third-order valence-corrected chi connectivity index (χ3v) is 2.26. The molecule has 0 unspecified atom stereocenters. The molecule has 2 N–H and O–H groups in total. The average molecular weight is 223 g/mol. The normalized spacial score (nSPS) is 10.7. The van der Waals surface area contributed by atoms with Crippen LogP contribution in [0.4, 0.5) is 8.78 Å². The van der Waals surface area contributed by atoms with Gasteiger partial charge in [0.25, 0.3) is 0 Å². The molecule has 0 aliphatic rings. The Morgan fingerprint density at radius 2 is 1.88 bits per heavy atom. The maximum Gasteiger partial charge on any atom is 0.219 e. The average Bonchev–Trinajstić information content (AvgIpc) is 2.63. The van der Waals surface area contributed by atoms with Crippen molar-refractivity contribution in [2.75, 3.05) is 6.54 Å². The number of hydrogen-bond acceptors (Lipinski definition) is 2. The van der Waals surface area contributed by atoms with Crippen LogP contribution in [0.5, 0.6) is 0 Å². The highest BCUT2D eigenvalue weighted by atomic mass is 19.1. The number of rotatable bonds is 3. The largest absolute Gasteiger partial charge is 0.330 e. The summed E-state index contributed by atoms with van der Waals surface area (Å²) < 4.78 is 27.6. The molecule has 0 saturated heterocycles. The maximum absolute atomic E-state index is 13.8. The minimum atomic E-state index is -0.447. The van der Waals surface area contributed by atoms with Crippen molar-refractivity contribution in [3.05, 3.63) is 47.8 Å². The third-order valence-electron chi connectivity index (χ3n) is 2.26. The van der Waals surface area contributed by atoms with Gasteiger partial charge in [0, 0.05) is 5.56 Å². The van der Waals surface area contributed by atoms with Gasteiger partial charge < -0.3 is 5.73 Å². The summed E-state index contributed by atoms with van der Waals surface area (Å²) >= 11 is 0. The highest BCUT2D eigenvalue weighted by Gasteiger charge is 2.10. The van der Waals surface area contributed by atoms with Crippen LogP contribution in [0.3, 0.4) is 0 Å². The Kier molecular flexibility index (Phi) is 2.96. The van der Waals surface area contributed by atoms with Crippen LogP contribution in [0.15, 0.2) is 30.5 Å². The Hall–Kier alpha value is -1.75. The van der Waals surface area contributed by atoms with Gasteiger partial charge in [-0.05, 0) is 37.2 Å². The summed E-state index contributed by atoms with van der Waals surface area (Å²) in [6.07, 6.45) is 1.87. The van der Waals surface area contributed by atoms with Gasteiger partial charge in [0.2, 0.25) is 5.95 Å². The van der Waals surface area contributed by atoms with Crippen molar-refractivity contribution in [2.45, 2.75) is 6.42 Å². The van der Waals surface area contributed by atoms with Crippen molar-refractivity contribution in [2.24, 2.45) is 5.73 Å². The topological polar surface area (TPSA) is 43.8 Å². The molecule has 0 radical (unpaired) electrons. The second kappa shape index (κ2) is 4.40. The van der Waals surface area contributed by atoms with E-state index in [-0.39, 0.29) is 5.82 Å². The lowest BCUT2D eigenvalue weighted by Crippen LogP contribution is -2.05. The van der Waals surface area contributed by atoms with E-state index in [1.165, 1.54) is 30.5 Å². The van der Waals surface area contributed by atoms with Crippen LogP contribution in [0.25, 0.3) is 5.69 Å². The zero-order chi connectivity index (χ0) is 11.5. The number of benzene rings is 1. The fourth-order valence-electron chi connectivity index (χ4n) is 1.45. The molecule has 0 saturated carbocycles. The number of hydrogen-bond donors (Lipinski definition) is 1. The van der Waals surface area contributed by atoms with Gasteiger partial charge in [-0.15, -0.1) is 0 Å². The van der Waals surface area contributed by atoms with E-state index >= 15 is 0 Å². The van der Waals surface area contributed by atoms with E-state index in [2.05, 4.69) is 5.10 Å². The van der Waals surface area contributed by atoms with Gasteiger partial charge in [-0.1, -0.05) is 0 Å². The van der Waals surface area contributed by atoms with E-state index in [0.717, 1.165) is 4.68 Å². The summed E-state index contributed by atoms with van der Waals surface area (Å²) in [5, 5.41) is 3.90. The number of nitrogens with zero attached hydrogens (tertiary/aromatic N) is 2. The molecule has 0 aliphatic carbocycles. The third kappa shape index (κ3) is 1.94. The Morgan fingerprint density at radius 1 is 1.19 bits per heavy atom. The van der Waals surface area contributed by atoms with Crippen LogP contribution in [0.1, 0.15) is 5.56 Å². The molecule has 0 bridgehead atoms. The van der Waals surface area contributed by atoms with Crippen molar-refractivity contribution < 1.29 is 8.78 Å². The zero-order valence-electron chi connectivity index (χ0n) is 8.53. The van der Waals surface area contributed by atoms with Crippen LogP contribution in [-0.2, 0) is 6.42 Å². The molecule has 0 fully saturated rings. The van der Waals surface area contributed by atoms with Gasteiger partial charge >= 0.3 is 0 Å². The van der Waals surface area contributed by atoms with Gasteiger partial charge in [0.1, 0.15) is 5.82 Å². The first-order valence-electron chi connectivity index (χ1n) is 4.91. The number of halogens is 2. The quantitative estimate of drug-likeness (QED) is 0.859. The van der Waals surface area contributed by atoms with Crippen molar-refractivity contribution in [1.82, 2.24) is 9.78 Å². The van der Waals surface area contributed by atoms with Crippen molar-refractivity contribution in [3.63, 3.8) is 0 Å². The molecule has 16 heavy (non-hydrogen) atoms. The fraction of sp³-hybridized carbons (Fsp3) is 0.182. The van der Waals surface area contributed by atoms with Crippen molar-refractivity contribution in [3.8, 4) is 5.69 Å². The lowest BCUT2D eigenvalue weighted by atomic mass is 10.2. The molecule has 0 atom stereocenters. The van der Waals surface area contributed by atoms with Gasteiger partial charge in [0.05, 0.1) is 11.9 Å². The van der Waals surface area contributed by atoms with E-state index in [1.807, 2.05) is 0 Å². The molecule has 0 aliphatic heterocycles. The zero-order valence-corrected chi connectivity index (χ0v) is 8.53. The Bertz CT molecular complexity index is 476. The molecule has 5 heteroatoms. The Labute approximate surface area is 91.5 Å². The molecular formula is C11H11F2N3. The molecule has 0 amide bonds. The molecule has 1 heterocycles. The summed E-state index contributed by atoms with van der Waals surface area (Å²) in [5.74, 6) is -0.810. The fourth-order valence-corrected chi connectivity index (χ4v) is 1.45. The second-order valence-electron chi connectivity index (χ2n) is 3.39. The smallest absolute Gasteiger partial charge is 0.219 e. The molecule has 84 valence electrons. The minimum Gasteiger partial charge on any atom is -0.330 e. The summed E-state index contributed by atoms with van der Waals surface area (Å²) in [6.45, 7) is 0.367. The van der Waals surface area contributed by atoms with Crippen LogP contribution >= 0.6 is 0 Å². The minimum absolute atomic E-state index is 0.363. The highest BCUT2D eigenvalue weighted by Crippen LogP contribution is 2.14. The summed E-state index contributed by atoms with van der Waals surface area (Å²) in [5.41, 5.74) is 6.30. The predicted molar refractivity (Wildman–Crippen MR) is 56.2 cm³/mol. The van der Waals surface area contributed by atoms with Crippen molar-refractivity contribution >= 4 is 0 Å². The molecule has 1 aromatic heterocycles. The van der Waals surface area contributed by atoms with E-state index < -0.39 is 5.95 Å². The lowest BCUT2D eigenvalue weighted by molar-refractivity contribution is 0.525. The molecule has 3 nitrogen and oxygen atoms in total. The van der Waals surface area contributed by atoms with E-state index in [9.17, 15) is 8.78 Å². The Morgan fingerprint density at radius 3 is 2.50 bits per heavy atom. The first kappa shape index (κ1) is 10.8. The highest BCUT2D eigenvalue weighted by molar-refractivity contribution is 5.32. The standard InChI is InChI=1S/C11H11F2N3/c12-9-1-3-10(4-2-9)16-11(13)8(5-6-14)7-15-16/h1-4,7H,5-6,14H2. The Balaban J connectivity index is 2.37. The molecular weight excluding hydrogens is 212 g/mol. The van der Waals surface area contributed by atoms with Crippen LogP contribution < -0.4 is 5.73 Å². The van der Waals surface area contributed by atoms with Crippen LogP contribution in [0, 0.1) is 11.8 Å². The van der Waals surface area contributed by atoms with Crippen LogP contribution in [0.2, 0.25) is 0 Å². The van der Waals surface area contributed by atoms with Gasteiger partial charge in [-0.3, -0.25) is 0 Å². The molecule has 0 spiro atoms. The maximum atomic E-state index is 13.8. The molecule has 1 aromatic carbocycles. The van der Waals surface area contributed by atoms with Crippen molar-refractivity contribution in [1.29, 1.82) is 0 Å². The lowest BCUT2D eigenvalue weighted by Gasteiger charge is -2.02. The predicted octanol–water partition coefficient (Wildman–Crippen LogP) is 1.65. The van der Waals surface area contributed by atoms with E-state index in [4.69, 9.17) is 5.73 Å². The first-order valence-corrected chi connectivity index (χ1v) is 4.91. The molecule has 2 rings (SSSR count). The van der Waals surface area contributed by atoms with E-state index in [0.29, 0.717) is 24.2 Å². The monoisotopic (exact) mass is 223 g/mol. The summed E-state index contributed by atoms with van der Waals surface area (Å²) in [4.78, 5) is 0. The number of nitrogens with two attached hydrogens (primary N) is 1. The molecule has 2 aromatic rings. The van der Waals surface area contributed by atoms with E-state index in [1.54, 1.807) is 0 Å². The second-order valence-corrected chi connectivity index (χ2v) is 3.39. The first-order chi connectivity index (χ1) is 7.72. The van der Waals surface area contributed by atoms with Crippen LogP contribution in [-0.4, -0.2) is 16.3 Å². The SMILES string of the molecule is NCCc1cnn(-c2ccc(F)cc2)c1F. The van der Waals surface area contributed by atoms with Gasteiger partial charge in [-0.2, -0.15) is 9.49 Å². The summed E-state index contributed by atoms with van der Waals surface area (Å²) in [7, 11) is 0. The van der Waals surface area contributed by atoms with Gasteiger partial charge in [-0.25, -0.2) is 9.07 Å². The van der Waals surface area contributed by atoms with Gasteiger partial charge in [0.15, 0.2) is 0 Å².